The molecule has 0 amide bonds. The minimum absolute atomic E-state index is 0. The highest BCUT2D eigenvalue weighted by Crippen LogP contribution is 2.16. The first kappa shape index (κ1) is 20.7. The van der Waals surface area contributed by atoms with Crippen molar-refractivity contribution in [3.63, 3.8) is 0 Å². The molecule has 2 N–H and O–H groups in total. The zero-order valence-corrected chi connectivity index (χ0v) is 16.9. The Morgan fingerprint density at radius 1 is 1.25 bits per heavy atom. The highest BCUT2D eigenvalue weighted by molar-refractivity contribution is 14.0. The topological polar surface area (TPSA) is 45.7 Å². The van der Waals surface area contributed by atoms with E-state index in [2.05, 4.69) is 33.1 Å². The third-order valence-corrected chi connectivity index (χ3v) is 4.13. The van der Waals surface area contributed by atoms with Crippen LogP contribution in [0.2, 0.25) is 0 Å². The third kappa shape index (κ3) is 7.04. The van der Waals surface area contributed by atoms with Crippen molar-refractivity contribution in [3.05, 3.63) is 52.5 Å². The molecular formula is C17H23FIN3OS. The molecule has 0 bridgehead atoms. The van der Waals surface area contributed by atoms with Gasteiger partial charge in [0.2, 0.25) is 0 Å². The highest BCUT2D eigenvalue weighted by atomic mass is 127. The summed E-state index contributed by atoms with van der Waals surface area (Å²) >= 11 is 1.75. The van der Waals surface area contributed by atoms with Crippen LogP contribution in [0.15, 0.2) is 46.8 Å². The highest BCUT2D eigenvalue weighted by Gasteiger charge is 2.08. The molecule has 4 nitrogen and oxygen atoms in total. The maximum atomic E-state index is 13.5. The number of halogens is 2. The molecule has 0 radical (unpaired) electrons. The van der Waals surface area contributed by atoms with Crippen molar-refractivity contribution in [2.75, 3.05) is 20.1 Å². The van der Waals surface area contributed by atoms with Gasteiger partial charge < -0.3 is 15.4 Å². The van der Waals surface area contributed by atoms with Gasteiger partial charge in [-0.05, 0) is 36.9 Å². The van der Waals surface area contributed by atoms with Crippen LogP contribution in [0.5, 0.6) is 5.75 Å². The molecule has 0 saturated carbocycles. The Labute approximate surface area is 163 Å². The number of nitrogens with one attached hydrogen (secondary N) is 2. The van der Waals surface area contributed by atoms with Crippen LogP contribution in [0.25, 0.3) is 0 Å². The van der Waals surface area contributed by atoms with E-state index in [9.17, 15) is 4.39 Å². The minimum Gasteiger partial charge on any atom is -0.486 e. The fourth-order valence-electron chi connectivity index (χ4n) is 2.02. The molecule has 24 heavy (non-hydrogen) atoms. The number of para-hydroxylation sites is 1. The maximum absolute atomic E-state index is 13.5. The first-order valence-electron chi connectivity index (χ1n) is 7.57. The second-order valence-electron chi connectivity index (χ2n) is 5.07. The molecule has 1 aromatic carbocycles. The van der Waals surface area contributed by atoms with Crippen LogP contribution in [0.3, 0.4) is 0 Å². The van der Waals surface area contributed by atoms with Crippen LogP contribution in [0.4, 0.5) is 4.39 Å². The van der Waals surface area contributed by atoms with Gasteiger partial charge in [0.05, 0.1) is 6.54 Å². The summed E-state index contributed by atoms with van der Waals surface area (Å²) in [6, 6.07) is 10.6. The molecule has 1 atom stereocenters. The molecule has 0 fully saturated rings. The maximum Gasteiger partial charge on any atom is 0.191 e. The lowest BCUT2D eigenvalue weighted by atomic mass is 10.3. The summed E-state index contributed by atoms with van der Waals surface area (Å²) in [6.45, 7) is 3.23. The van der Waals surface area contributed by atoms with Crippen molar-refractivity contribution in [1.82, 2.24) is 10.6 Å². The van der Waals surface area contributed by atoms with Crippen molar-refractivity contribution in [1.29, 1.82) is 0 Å². The van der Waals surface area contributed by atoms with Crippen molar-refractivity contribution < 1.29 is 9.13 Å². The number of ether oxygens (including phenoxy) is 1. The molecule has 7 heteroatoms. The Bertz CT molecular complexity index is 622. The molecule has 2 aromatic rings. The predicted octanol–water partition coefficient (Wildman–Crippen LogP) is 3.68. The fourth-order valence-corrected chi connectivity index (χ4v) is 2.73. The molecule has 0 aliphatic heterocycles. The van der Waals surface area contributed by atoms with Gasteiger partial charge in [0.25, 0.3) is 0 Å². The van der Waals surface area contributed by atoms with E-state index in [1.807, 2.05) is 6.92 Å². The molecule has 132 valence electrons. The van der Waals surface area contributed by atoms with Crippen molar-refractivity contribution in [2.45, 2.75) is 19.4 Å². The Morgan fingerprint density at radius 3 is 2.71 bits per heavy atom. The van der Waals surface area contributed by atoms with Gasteiger partial charge in [0.1, 0.15) is 6.10 Å². The number of guanidine groups is 1. The van der Waals surface area contributed by atoms with E-state index in [1.165, 1.54) is 10.9 Å². The number of benzene rings is 1. The fraction of sp³-hybridized carbons (Fsp3) is 0.353. The first-order chi connectivity index (χ1) is 11.2. The van der Waals surface area contributed by atoms with Crippen LogP contribution in [0.1, 0.15) is 11.8 Å². The van der Waals surface area contributed by atoms with E-state index in [-0.39, 0.29) is 41.6 Å². The smallest absolute Gasteiger partial charge is 0.191 e. The predicted molar refractivity (Wildman–Crippen MR) is 109 cm³/mol. The molecule has 1 aromatic heterocycles. The van der Waals surface area contributed by atoms with E-state index in [0.717, 1.165) is 13.0 Å². The summed E-state index contributed by atoms with van der Waals surface area (Å²) in [7, 11) is 1.73. The Balaban J connectivity index is 0.00000288. The summed E-state index contributed by atoms with van der Waals surface area (Å²) < 4.78 is 19.1. The van der Waals surface area contributed by atoms with E-state index in [0.29, 0.717) is 12.5 Å². The van der Waals surface area contributed by atoms with Gasteiger partial charge in [-0.15, -0.1) is 35.3 Å². The Hall–Kier alpha value is -1.35. The molecule has 2 rings (SSSR count). The zero-order chi connectivity index (χ0) is 16.5. The van der Waals surface area contributed by atoms with Gasteiger partial charge in [-0.3, -0.25) is 4.99 Å². The Morgan fingerprint density at radius 2 is 2.04 bits per heavy atom. The summed E-state index contributed by atoms with van der Waals surface area (Å²) in [5.41, 5.74) is 0. The van der Waals surface area contributed by atoms with E-state index in [1.54, 1.807) is 36.6 Å². The lowest BCUT2D eigenvalue weighted by molar-refractivity contribution is 0.214. The lowest BCUT2D eigenvalue weighted by Gasteiger charge is -2.18. The molecule has 0 aliphatic rings. The largest absolute Gasteiger partial charge is 0.486 e. The number of hydrogen-bond donors (Lipinski definition) is 2. The quantitative estimate of drug-likeness (QED) is 0.374. The van der Waals surface area contributed by atoms with Crippen molar-refractivity contribution >= 4 is 41.3 Å². The molecule has 0 spiro atoms. The SMILES string of the molecule is CN=C(NCCc1cccs1)NCC(C)Oc1ccccc1F.I. The lowest BCUT2D eigenvalue weighted by Crippen LogP contribution is -2.42. The van der Waals surface area contributed by atoms with E-state index >= 15 is 0 Å². The first-order valence-corrected chi connectivity index (χ1v) is 8.45. The standard InChI is InChI=1S/C17H22FN3OS.HI/c1-13(22-16-8-4-3-7-15(16)18)12-21-17(19-2)20-10-9-14-6-5-11-23-14;/h3-8,11,13H,9-10,12H2,1-2H3,(H2,19,20,21);1H. The van der Waals surface area contributed by atoms with Gasteiger partial charge in [-0.25, -0.2) is 4.39 Å². The molecule has 1 heterocycles. The van der Waals surface area contributed by atoms with Gasteiger partial charge in [-0.1, -0.05) is 18.2 Å². The summed E-state index contributed by atoms with van der Waals surface area (Å²) in [5.74, 6) is 0.630. The van der Waals surface area contributed by atoms with E-state index < -0.39 is 0 Å². The minimum atomic E-state index is -0.349. The summed E-state index contributed by atoms with van der Waals surface area (Å²) in [4.78, 5) is 5.51. The number of nitrogens with zero attached hydrogens (tertiary/aromatic N) is 1. The number of aliphatic imine (C=N–C) groups is 1. The molecule has 0 saturated heterocycles. The molecular weight excluding hydrogens is 440 g/mol. The molecule has 0 aliphatic carbocycles. The second kappa shape index (κ2) is 11.2. The van der Waals surface area contributed by atoms with Gasteiger partial charge >= 0.3 is 0 Å². The zero-order valence-electron chi connectivity index (χ0n) is 13.8. The normalized spacial score (nSPS) is 12.2. The number of thiophene rings is 1. The van der Waals surface area contributed by atoms with E-state index in [4.69, 9.17) is 4.74 Å². The Kier molecular flexibility index (Phi) is 9.70. The van der Waals surface area contributed by atoms with Gasteiger partial charge in [-0.2, -0.15) is 0 Å². The second-order valence-corrected chi connectivity index (χ2v) is 6.10. The molecule has 1 unspecified atom stereocenters. The van der Waals surface area contributed by atoms with Crippen LogP contribution < -0.4 is 15.4 Å². The average Bonchev–Trinajstić information content (AvgIpc) is 3.06. The number of hydrogen-bond acceptors (Lipinski definition) is 3. The third-order valence-electron chi connectivity index (χ3n) is 3.19. The van der Waals surface area contributed by atoms with Gasteiger partial charge in [0, 0.05) is 18.5 Å². The van der Waals surface area contributed by atoms with Crippen molar-refractivity contribution in [3.8, 4) is 5.75 Å². The number of rotatable bonds is 7. The average molecular weight is 463 g/mol. The van der Waals surface area contributed by atoms with Crippen LogP contribution in [0, 0.1) is 5.82 Å². The van der Waals surface area contributed by atoms with Crippen molar-refractivity contribution in [2.24, 2.45) is 4.99 Å². The summed E-state index contributed by atoms with van der Waals surface area (Å²) in [6.07, 6.45) is 0.780. The van der Waals surface area contributed by atoms with Gasteiger partial charge in [0.15, 0.2) is 17.5 Å². The monoisotopic (exact) mass is 463 g/mol. The van der Waals surface area contributed by atoms with Crippen LogP contribution >= 0.6 is 35.3 Å². The van der Waals surface area contributed by atoms with Crippen LogP contribution in [-0.2, 0) is 6.42 Å². The summed E-state index contributed by atoms with van der Waals surface area (Å²) in [5, 5.41) is 8.51. The van der Waals surface area contributed by atoms with Crippen LogP contribution in [-0.4, -0.2) is 32.2 Å².